The van der Waals surface area contributed by atoms with Gasteiger partial charge >= 0.3 is 5.97 Å². The van der Waals surface area contributed by atoms with Gasteiger partial charge in [-0.2, -0.15) is 0 Å². The van der Waals surface area contributed by atoms with Crippen LogP contribution >= 0.6 is 0 Å². The highest BCUT2D eigenvalue weighted by atomic mass is 16.5. The molecule has 19 heavy (non-hydrogen) atoms. The topological polar surface area (TPSA) is 95.9 Å². The maximum Gasteiger partial charge on any atom is 0.334 e. The Morgan fingerprint density at radius 1 is 1.42 bits per heavy atom. The molecule has 0 saturated heterocycles. The predicted octanol–water partition coefficient (Wildman–Crippen LogP) is -0.138. The fourth-order valence-corrected chi connectivity index (χ4v) is 1.99. The van der Waals surface area contributed by atoms with E-state index in [0.29, 0.717) is 6.61 Å². The maximum atomic E-state index is 11.9. The van der Waals surface area contributed by atoms with Gasteiger partial charge in [0.2, 0.25) is 0 Å². The van der Waals surface area contributed by atoms with Gasteiger partial charge in [-0.25, -0.2) is 4.79 Å². The molecule has 1 aromatic rings. The molecule has 2 unspecified atom stereocenters. The number of carbonyl (C=O) groups is 2. The third-order valence-electron chi connectivity index (χ3n) is 2.99. The number of carboxylic acid groups (broad SMARTS) is 1. The molecule has 1 amide bonds. The molecule has 0 saturated carbocycles. The van der Waals surface area contributed by atoms with Gasteiger partial charge in [0.25, 0.3) is 5.91 Å². The predicted molar refractivity (Wildman–Crippen MR) is 65.5 cm³/mol. The number of aliphatic carboxylic acids is 1. The number of fused-ring (bicyclic) bond motifs is 1. The first-order valence-corrected chi connectivity index (χ1v) is 5.97. The van der Waals surface area contributed by atoms with Crippen molar-refractivity contribution in [1.29, 1.82) is 0 Å². The van der Waals surface area contributed by atoms with Crippen LogP contribution in [0.1, 0.15) is 17.2 Å². The first-order chi connectivity index (χ1) is 9.09. The Morgan fingerprint density at radius 3 is 2.89 bits per heavy atom. The Labute approximate surface area is 110 Å². The summed E-state index contributed by atoms with van der Waals surface area (Å²) < 4.78 is 5.42. The van der Waals surface area contributed by atoms with Crippen LogP contribution in [0.3, 0.4) is 0 Å². The molecule has 0 aromatic heterocycles. The number of aliphatic hydroxyl groups excluding tert-OH is 1. The van der Waals surface area contributed by atoms with Crippen LogP contribution in [-0.4, -0.2) is 41.3 Å². The summed E-state index contributed by atoms with van der Waals surface area (Å²) in [6.07, 6.45) is -1.61. The van der Waals surface area contributed by atoms with Crippen molar-refractivity contribution in [1.82, 2.24) is 5.32 Å². The van der Waals surface area contributed by atoms with Gasteiger partial charge in [0.05, 0.1) is 13.2 Å². The van der Waals surface area contributed by atoms with Gasteiger partial charge in [-0.1, -0.05) is 24.3 Å². The monoisotopic (exact) mass is 265 g/mol. The zero-order valence-corrected chi connectivity index (χ0v) is 10.2. The van der Waals surface area contributed by atoms with Crippen molar-refractivity contribution in [3.8, 4) is 0 Å². The molecule has 1 aliphatic rings. The second-order valence-corrected chi connectivity index (χ2v) is 4.30. The lowest BCUT2D eigenvalue weighted by molar-refractivity contribution is -0.147. The van der Waals surface area contributed by atoms with E-state index in [0.717, 1.165) is 17.5 Å². The van der Waals surface area contributed by atoms with Crippen LogP contribution in [0.2, 0.25) is 0 Å². The normalized spacial score (nSPS) is 19.3. The van der Waals surface area contributed by atoms with Gasteiger partial charge in [-0.05, 0) is 17.5 Å². The Hall–Kier alpha value is -1.92. The summed E-state index contributed by atoms with van der Waals surface area (Å²) in [6, 6.07) is 7.46. The number of benzene rings is 1. The van der Waals surface area contributed by atoms with Crippen molar-refractivity contribution in [2.75, 3.05) is 13.2 Å². The van der Waals surface area contributed by atoms with Crippen LogP contribution in [0.5, 0.6) is 0 Å². The van der Waals surface area contributed by atoms with E-state index in [1.165, 1.54) is 0 Å². The molecule has 0 aliphatic carbocycles. The smallest absolute Gasteiger partial charge is 0.334 e. The number of hydrogen-bond acceptors (Lipinski definition) is 4. The summed E-state index contributed by atoms with van der Waals surface area (Å²) in [5, 5.41) is 20.0. The van der Waals surface area contributed by atoms with E-state index in [2.05, 4.69) is 5.32 Å². The molecule has 0 radical (unpaired) electrons. The minimum Gasteiger partial charge on any atom is -0.479 e. The number of ether oxygens (including phenoxy) is 1. The second-order valence-electron chi connectivity index (χ2n) is 4.30. The van der Waals surface area contributed by atoms with Gasteiger partial charge in [-0.15, -0.1) is 0 Å². The van der Waals surface area contributed by atoms with E-state index in [1.807, 2.05) is 24.3 Å². The fourth-order valence-electron chi connectivity index (χ4n) is 1.99. The Kier molecular flexibility index (Phi) is 4.13. The minimum atomic E-state index is -1.61. The fraction of sp³-hybridized carbons (Fsp3) is 0.385. The minimum absolute atomic E-state index is 0.337. The van der Waals surface area contributed by atoms with Crippen molar-refractivity contribution in [3.05, 3.63) is 35.4 Å². The first kappa shape index (κ1) is 13.5. The summed E-state index contributed by atoms with van der Waals surface area (Å²) in [7, 11) is 0. The maximum absolute atomic E-state index is 11.9. The number of rotatable bonds is 4. The van der Waals surface area contributed by atoms with Crippen LogP contribution in [0.25, 0.3) is 0 Å². The Bertz CT molecular complexity index is 488. The van der Waals surface area contributed by atoms with E-state index in [-0.39, 0.29) is 6.54 Å². The van der Waals surface area contributed by atoms with E-state index >= 15 is 0 Å². The molecule has 1 aliphatic heterocycles. The van der Waals surface area contributed by atoms with Crippen LogP contribution in [0.15, 0.2) is 24.3 Å². The third kappa shape index (κ3) is 3.10. The molecule has 102 valence electrons. The zero-order valence-electron chi connectivity index (χ0n) is 10.2. The average Bonchev–Trinajstić information content (AvgIpc) is 2.43. The molecule has 0 bridgehead atoms. The van der Waals surface area contributed by atoms with Crippen molar-refractivity contribution >= 4 is 11.9 Å². The summed E-state index contributed by atoms with van der Waals surface area (Å²) in [6.45, 7) is 0.104. The van der Waals surface area contributed by atoms with Crippen molar-refractivity contribution in [3.63, 3.8) is 0 Å². The quantitative estimate of drug-likeness (QED) is 0.704. The third-order valence-corrected chi connectivity index (χ3v) is 2.99. The number of amides is 1. The lowest BCUT2D eigenvalue weighted by Gasteiger charge is -2.25. The van der Waals surface area contributed by atoms with Gasteiger partial charge in [0.15, 0.2) is 12.2 Å². The molecule has 2 rings (SSSR count). The molecule has 6 heteroatoms. The van der Waals surface area contributed by atoms with Crippen LogP contribution < -0.4 is 5.32 Å². The lowest BCUT2D eigenvalue weighted by atomic mass is 9.97. The van der Waals surface area contributed by atoms with E-state index in [1.54, 1.807) is 0 Å². The van der Waals surface area contributed by atoms with Gasteiger partial charge in [-0.3, -0.25) is 4.79 Å². The SMILES string of the molecule is O=C(O)C(O)CNC(=O)C1OCCc2ccccc21. The van der Waals surface area contributed by atoms with E-state index in [4.69, 9.17) is 14.9 Å². The molecule has 2 atom stereocenters. The zero-order chi connectivity index (χ0) is 13.8. The summed E-state index contributed by atoms with van der Waals surface area (Å²) >= 11 is 0. The molecule has 0 spiro atoms. The van der Waals surface area contributed by atoms with E-state index < -0.39 is 24.1 Å². The average molecular weight is 265 g/mol. The van der Waals surface area contributed by atoms with Crippen molar-refractivity contribution in [2.24, 2.45) is 0 Å². The number of hydrogen-bond donors (Lipinski definition) is 3. The van der Waals surface area contributed by atoms with Crippen molar-refractivity contribution < 1.29 is 24.5 Å². The molecule has 1 aromatic carbocycles. The largest absolute Gasteiger partial charge is 0.479 e. The number of nitrogens with one attached hydrogen (secondary N) is 1. The van der Waals surface area contributed by atoms with Gasteiger partial charge in [0.1, 0.15) is 0 Å². The van der Waals surface area contributed by atoms with Gasteiger partial charge in [0, 0.05) is 0 Å². The van der Waals surface area contributed by atoms with E-state index in [9.17, 15) is 9.59 Å². The van der Waals surface area contributed by atoms with Gasteiger partial charge < -0.3 is 20.3 Å². The molecule has 1 heterocycles. The second kappa shape index (κ2) is 5.81. The molecular formula is C13H15NO5. The van der Waals surface area contributed by atoms with Crippen LogP contribution in [-0.2, 0) is 20.7 Å². The van der Waals surface area contributed by atoms with Crippen LogP contribution in [0, 0.1) is 0 Å². The molecule has 6 nitrogen and oxygen atoms in total. The van der Waals surface area contributed by atoms with Crippen molar-refractivity contribution in [2.45, 2.75) is 18.6 Å². The first-order valence-electron chi connectivity index (χ1n) is 5.97. The lowest BCUT2D eigenvalue weighted by Crippen LogP contribution is -2.40. The standard InChI is InChI=1S/C13H15NO5/c15-10(13(17)18)7-14-12(16)11-9-4-2-1-3-8(9)5-6-19-11/h1-4,10-11,15H,5-7H2,(H,14,16)(H,17,18). The number of aliphatic hydroxyl groups is 1. The molecular weight excluding hydrogens is 250 g/mol. The van der Waals surface area contributed by atoms with Crippen LogP contribution in [0.4, 0.5) is 0 Å². The highest BCUT2D eigenvalue weighted by molar-refractivity contribution is 5.83. The summed E-state index contributed by atoms with van der Waals surface area (Å²) in [4.78, 5) is 22.4. The highest BCUT2D eigenvalue weighted by Crippen LogP contribution is 2.26. The number of carboxylic acids is 1. The number of carbonyl (C=O) groups excluding carboxylic acids is 1. The molecule has 0 fully saturated rings. The summed E-state index contributed by atoms with van der Waals surface area (Å²) in [5.41, 5.74) is 1.84. The summed E-state index contributed by atoms with van der Waals surface area (Å²) in [5.74, 6) is -1.81. The molecule has 3 N–H and O–H groups in total. The Balaban J connectivity index is 2.03. The highest BCUT2D eigenvalue weighted by Gasteiger charge is 2.27. The Morgan fingerprint density at radius 2 is 2.16 bits per heavy atom.